The van der Waals surface area contributed by atoms with Gasteiger partial charge < -0.3 is 15.6 Å². The van der Waals surface area contributed by atoms with Gasteiger partial charge in [-0.15, -0.1) is 0 Å². The number of carbonyl (C=O) groups excluding carboxylic acids is 2. The molecule has 3 aliphatic heterocycles. The Hall–Kier alpha value is -1.47. The van der Waals surface area contributed by atoms with Crippen molar-refractivity contribution in [2.75, 3.05) is 6.54 Å². The molecule has 7 heteroatoms. The zero-order valence-electron chi connectivity index (χ0n) is 13.6. The largest absolute Gasteiger partial charge is 0.480 e. The zero-order valence-corrected chi connectivity index (χ0v) is 13.6. The molecule has 2 amide bonds. The van der Waals surface area contributed by atoms with Crippen molar-refractivity contribution in [3.05, 3.63) is 0 Å². The lowest BCUT2D eigenvalue weighted by Gasteiger charge is -2.36. The SMILES string of the molecule is CC12C(=O)N(C(CCCCN)C(=O)O)C(=O)C1(C)[C@@H]1CCC2O1. The summed E-state index contributed by atoms with van der Waals surface area (Å²) in [5.74, 6) is -1.92. The van der Waals surface area contributed by atoms with E-state index in [9.17, 15) is 19.5 Å². The van der Waals surface area contributed by atoms with Crippen LogP contribution < -0.4 is 5.73 Å². The van der Waals surface area contributed by atoms with Crippen LogP contribution in [0, 0.1) is 10.8 Å². The minimum Gasteiger partial charge on any atom is -0.480 e. The van der Waals surface area contributed by atoms with Crippen LogP contribution in [0.1, 0.15) is 46.0 Å². The van der Waals surface area contributed by atoms with E-state index in [0.29, 0.717) is 19.4 Å². The molecule has 23 heavy (non-hydrogen) atoms. The molecule has 3 N–H and O–H groups in total. The number of rotatable bonds is 6. The summed E-state index contributed by atoms with van der Waals surface area (Å²) >= 11 is 0. The van der Waals surface area contributed by atoms with E-state index >= 15 is 0 Å². The highest BCUT2D eigenvalue weighted by atomic mass is 16.5. The summed E-state index contributed by atoms with van der Waals surface area (Å²) in [5, 5.41) is 9.54. The molecule has 0 saturated carbocycles. The first kappa shape index (κ1) is 16.4. The summed E-state index contributed by atoms with van der Waals surface area (Å²) in [5.41, 5.74) is 3.55. The highest BCUT2D eigenvalue weighted by Gasteiger charge is 2.77. The molecule has 0 aliphatic carbocycles. The van der Waals surface area contributed by atoms with Gasteiger partial charge in [-0.3, -0.25) is 14.5 Å². The molecule has 2 bridgehead atoms. The first-order valence-corrected chi connectivity index (χ1v) is 8.26. The maximum atomic E-state index is 13.0. The van der Waals surface area contributed by atoms with Gasteiger partial charge in [0, 0.05) is 0 Å². The van der Waals surface area contributed by atoms with E-state index in [0.717, 1.165) is 17.7 Å². The summed E-state index contributed by atoms with van der Waals surface area (Å²) < 4.78 is 5.84. The molecule has 0 spiro atoms. The third-order valence-corrected chi connectivity index (χ3v) is 6.24. The topological polar surface area (TPSA) is 110 Å². The van der Waals surface area contributed by atoms with Gasteiger partial charge in [0.05, 0.1) is 23.0 Å². The van der Waals surface area contributed by atoms with Gasteiger partial charge in [-0.25, -0.2) is 4.79 Å². The molecular formula is C16H24N2O5. The average molecular weight is 324 g/mol. The van der Waals surface area contributed by atoms with Crippen molar-refractivity contribution in [1.82, 2.24) is 4.90 Å². The average Bonchev–Trinajstić information content (AvgIpc) is 3.11. The predicted molar refractivity (Wildman–Crippen MR) is 80.3 cm³/mol. The molecule has 3 heterocycles. The van der Waals surface area contributed by atoms with Gasteiger partial charge in [-0.1, -0.05) is 0 Å². The van der Waals surface area contributed by atoms with E-state index in [1.54, 1.807) is 13.8 Å². The third kappa shape index (κ3) is 1.86. The van der Waals surface area contributed by atoms with Crippen LogP contribution in [0.25, 0.3) is 0 Å². The van der Waals surface area contributed by atoms with Crippen LogP contribution >= 0.6 is 0 Å². The lowest BCUT2D eigenvalue weighted by Crippen LogP contribution is -2.48. The molecule has 7 nitrogen and oxygen atoms in total. The number of nitrogens with two attached hydrogens (primary N) is 1. The maximum absolute atomic E-state index is 13.0. The number of likely N-dealkylation sites (tertiary alicyclic amines) is 1. The van der Waals surface area contributed by atoms with E-state index < -0.39 is 34.7 Å². The number of fused-ring (bicyclic) bond motifs is 5. The fourth-order valence-electron chi connectivity index (χ4n) is 4.60. The summed E-state index contributed by atoms with van der Waals surface area (Å²) in [4.78, 5) is 38.7. The van der Waals surface area contributed by atoms with Crippen LogP contribution in [0.5, 0.6) is 0 Å². The smallest absolute Gasteiger partial charge is 0.326 e. The van der Waals surface area contributed by atoms with E-state index in [2.05, 4.69) is 0 Å². The Bertz CT molecular complexity index is 531. The molecular weight excluding hydrogens is 300 g/mol. The number of nitrogens with zero attached hydrogens (tertiary/aromatic N) is 1. The Morgan fingerprint density at radius 3 is 2.22 bits per heavy atom. The molecule has 3 rings (SSSR count). The molecule has 3 saturated heterocycles. The van der Waals surface area contributed by atoms with Crippen molar-refractivity contribution in [1.29, 1.82) is 0 Å². The summed E-state index contributed by atoms with van der Waals surface area (Å²) in [6.45, 7) is 3.98. The van der Waals surface area contributed by atoms with Gasteiger partial charge in [-0.2, -0.15) is 0 Å². The first-order chi connectivity index (χ1) is 10.8. The molecule has 0 aromatic heterocycles. The number of carboxylic acids is 1. The van der Waals surface area contributed by atoms with Crippen LogP contribution in [0.4, 0.5) is 0 Å². The molecule has 0 aromatic carbocycles. The molecule has 3 aliphatic rings. The molecule has 0 aromatic rings. The highest BCUT2D eigenvalue weighted by molar-refractivity contribution is 6.12. The van der Waals surface area contributed by atoms with Crippen LogP contribution in [-0.4, -0.2) is 52.6 Å². The Balaban J connectivity index is 1.94. The third-order valence-electron chi connectivity index (χ3n) is 6.24. The summed E-state index contributed by atoms with van der Waals surface area (Å²) in [6, 6.07) is -1.11. The normalized spacial score (nSPS) is 39.9. The molecule has 0 radical (unpaired) electrons. The van der Waals surface area contributed by atoms with Gasteiger partial charge >= 0.3 is 5.97 Å². The van der Waals surface area contributed by atoms with E-state index in [4.69, 9.17) is 10.5 Å². The van der Waals surface area contributed by atoms with E-state index in [1.807, 2.05) is 0 Å². The van der Waals surface area contributed by atoms with Crippen LogP contribution in [-0.2, 0) is 19.1 Å². The Labute approximate surface area is 135 Å². The number of carboxylic acid groups (broad SMARTS) is 1. The summed E-state index contributed by atoms with van der Waals surface area (Å²) in [7, 11) is 0. The molecule has 4 unspecified atom stereocenters. The van der Waals surface area contributed by atoms with Crippen molar-refractivity contribution in [2.24, 2.45) is 16.6 Å². The minimum absolute atomic E-state index is 0.242. The number of unbranched alkanes of at least 4 members (excludes halogenated alkanes) is 1. The second-order valence-corrected chi connectivity index (χ2v) is 7.21. The van der Waals surface area contributed by atoms with E-state index in [1.165, 1.54) is 0 Å². The number of amides is 2. The van der Waals surface area contributed by atoms with Gasteiger partial charge in [0.2, 0.25) is 11.8 Å². The predicted octanol–water partition coefficient (Wildman–Crippen LogP) is 0.511. The van der Waals surface area contributed by atoms with Crippen molar-refractivity contribution in [3.8, 4) is 0 Å². The molecule has 3 fully saturated rings. The quantitative estimate of drug-likeness (QED) is 0.544. The van der Waals surface area contributed by atoms with Gasteiger partial charge in [0.15, 0.2) is 0 Å². The van der Waals surface area contributed by atoms with Crippen LogP contribution in [0.3, 0.4) is 0 Å². The number of aliphatic carboxylic acids is 1. The summed E-state index contributed by atoms with van der Waals surface area (Å²) in [6.07, 6.45) is 2.38. The standard InChI is InChI=1S/C16H24N2O5/c1-15-10-6-7-11(23-10)16(15,2)14(22)18(13(15)21)9(12(19)20)5-3-4-8-17/h9-11H,3-8,17H2,1-2H3,(H,19,20)/t9?,10-,11?,15?,16?/m0/s1. The second kappa shape index (κ2) is 5.27. The Morgan fingerprint density at radius 1 is 1.26 bits per heavy atom. The van der Waals surface area contributed by atoms with Crippen molar-refractivity contribution < 1.29 is 24.2 Å². The monoisotopic (exact) mass is 324 g/mol. The first-order valence-electron chi connectivity index (χ1n) is 8.26. The lowest BCUT2D eigenvalue weighted by molar-refractivity contribution is -0.158. The number of imide groups is 1. The Morgan fingerprint density at radius 2 is 1.78 bits per heavy atom. The fourth-order valence-corrected chi connectivity index (χ4v) is 4.60. The fraction of sp³-hybridized carbons (Fsp3) is 0.812. The minimum atomic E-state index is -1.14. The highest BCUT2D eigenvalue weighted by Crippen LogP contribution is 2.64. The lowest BCUT2D eigenvalue weighted by atomic mass is 9.59. The van der Waals surface area contributed by atoms with Crippen molar-refractivity contribution >= 4 is 17.8 Å². The van der Waals surface area contributed by atoms with E-state index in [-0.39, 0.29) is 18.6 Å². The number of carbonyl (C=O) groups is 3. The van der Waals surface area contributed by atoms with Crippen molar-refractivity contribution in [3.63, 3.8) is 0 Å². The number of hydrogen-bond donors (Lipinski definition) is 2. The maximum Gasteiger partial charge on any atom is 0.326 e. The molecule has 5 atom stereocenters. The van der Waals surface area contributed by atoms with Gasteiger partial charge in [-0.05, 0) is 52.5 Å². The van der Waals surface area contributed by atoms with Crippen molar-refractivity contribution in [2.45, 2.75) is 64.2 Å². The molecule has 128 valence electrons. The van der Waals surface area contributed by atoms with Crippen LogP contribution in [0.15, 0.2) is 0 Å². The van der Waals surface area contributed by atoms with Gasteiger partial charge in [0.25, 0.3) is 0 Å². The number of ether oxygens (including phenoxy) is 1. The van der Waals surface area contributed by atoms with Crippen LogP contribution in [0.2, 0.25) is 0 Å². The zero-order chi connectivity index (χ0) is 17.0. The Kier molecular flexibility index (Phi) is 3.76. The second-order valence-electron chi connectivity index (χ2n) is 7.21. The number of hydrogen-bond acceptors (Lipinski definition) is 5. The van der Waals surface area contributed by atoms with Gasteiger partial charge in [0.1, 0.15) is 6.04 Å².